The first-order valence-corrected chi connectivity index (χ1v) is 6.33. The van der Waals surface area contributed by atoms with E-state index in [4.69, 9.17) is 12.2 Å². The maximum absolute atomic E-state index is 13.3. The van der Waals surface area contributed by atoms with Crippen molar-refractivity contribution in [1.82, 2.24) is 10.2 Å². The Balaban J connectivity index is 2.45. The molecule has 7 heteroatoms. The number of amides is 2. The van der Waals surface area contributed by atoms with Crippen molar-refractivity contribution >= 4 is 35.2 Å². The first kappa shape index (κ1) is 14.9. The molecule has 0 bridgehead atoms. The van der Waals surface area contributed by atoms with Crippen LogP contribution in [0.2, 0.25) is 0 Å². The standard InChI is InChI=1S/C14H11FN2O3S/c1-2-6-17-13(20)9(12(19)16-14(17)21)7-8-4-3-5-10(15)11(8)18/h2-5,7,18H,1,6H2,(H,16,19,21)/b9-7+. The van der Waals surface area contributed by atoms with E-state index in [0.717, 1.165) is 17.0 Å². The largest absolute Gasteiger partial charge is 0.504 e. The smallest absolute Gasteiger partial charge is 0.265 e. The number of carbonyl (C=O) groups is 2. The lowest BCUT2D eigenvalue weighted by molar-refractivity contribution is -0.128. The van der Waals surface area contributed by atoms with Gasteiger partial charge in [0.05, 0.1) is 0 Å². The molecule has 0 radical (unpaired) electrons. The van der Waals surface area contributed by atoms with E-state index >= 15 is 0 Å². The number of phenolic OH excluding ortho intramolecular Hbond substituents is 1. The molecule has 108 valence electrons. The summed E-state index contributed by atoms with van der Waals surface area (Å²) in [6.45, 7) is 3.63. The highest BCUT2D eigenvalue weighted by atomic mass is 32.1. The Hall–Kier alpha value is -2.54. The molecule has 1 aliphatic heterocycles. The fraction of sp³-hybridized carbons (Fsp3) is 0.0714. The minimum atomic E-state index is -0.841. The summed E-state index contributed by atoms with van der Waals surface area (Å²) in [5, 5.41) is 11.9. The number of thiocarbonyl (C=S) groups is 1. The molecule has 5 nitrogen and oxygen atoms in total. The Kier molecular flexibility index (Phi) is 4.13. The Morgan fingerprint density at radius 2 is 2.14 bits per heavy atom. The van der Waals surface area contributed by atoms with E-state index in [1.165, 1.54) is 18.2 Å². The van der Waals surface area contributed by atoms with Gasteiger partial charge in [-0.15, -0.1) is 6.58 Å². The predicted molar refractivity (Wildman–Crippen MR) is 78.7 cm³/mol. The number of carbonyl (C=O) groups excluding carboxylic acids is 2. The third kappa shape index (κ3) is 2.82. The summed E-state index contributed by atoms with van der Waals surface area (Å²) in [4.78, 5) is 25.2. The summed E-state index contributed by atoms with van der Waals surface area (Å²) in [5.41, 5.74) is -0.216. The van der Waals surface area contributed by atoms with Crippen LogP contribution in [-0.2, 0) is 9.59 Å². The summed E-state index contributed by atoms with van der Waals surface area (Å²) in [5.74, 6) is -2.80. The van der Waals surface area contributed by atoms with Gasteiger partial charge in [-0.05, 0) is 24.4 Å². The van der Waals surface area contributed by atoms with Gasteiger partial charge in [-0.25, -0.2) is 4.39 Å². The molecule has 0 spiro atoms. The van der Waals surface area contributed by atoms with Crippen molar-refractivity contribution in [3.63, 3.8) is 0 Å². The summed E-state index contributed by atoms with van der Waals surface area (Å²) >= 11 is 4.90. The molecule has 0 aromatic heterocycles. The number of nitrogens with one attached hydrogen (secondary N) is 1. The number of aromatic hydroxyl groups is 1. The molecule has 0 unspecified atom stereocenters. The summed E-state index contributed by atoms with van der Waals surface area (Å²) in [6.07, 6.45) is 2.58. The van der Waals surface area contributed by atoms with Gasteiger partial charge < -0.3 is 5.11 Å². The van der Waals surface area contributed by atoms with E-state index < -0.39 is 23.4 Å². The van der Waals surface area contributed by atoms with E-state index in [-0.39, 0.29) is 22.8 Å². The molecule has 2 rings (SSSR count). The second-order valence-electron chi connectivity index (χ2n) is 4.20. The lowest BCUT2D eigenvalue weighted by atomic mass is 10.1. The minimum absolute atomic E-state index is 0.0227. The maximum Gasteiger partial charge on any atom is 0.265 e. The molecule has 0 atom stereocenters. The quantitative estimate of drug-likeness (QED) is 0.383. The highest BCUT2D eigenvalue weighted by Gasteiger charge is 2.32. The first-order valence-electron chi connectivity index (χ1n) is 5.93. The van der Waals surface area contributed by atoms with Crippen LogP contribution in [0, 0.1) is 5.82 Å². The Bertz CT molecular complexity index is 685. The summed E-state index contributed by atoms with van der Waals surface area (Å²) in [7, 11) is 0. The molecule has 1 heterocycles. The molecule has 0 aliphatic carbocycles. The van der Waals surface area contributed by atoms with E-state index in [1.807, 2.05) is 0 Å². The predicted octanol–water partition coefficient (Wildman–Crippen LogP) is 1.34. The van der Waals surface area contributed by atoms with Crippen LogP contribution in [0.3, 0.4) is 0 Å². The Morgan fingerprint density at radius 1 is 1.43 bits per heavy atom. The topological polar surface area (TPSA) is 69.6 Å². The van der Waals surface area contributed by atoms with Gasteiger partial charge in [0.2, 0.25) is 0 Å². The number of benzene rings is 1. The van der Waals surface area contributed by atoms with Gasteiger partial charge in [-0.1, -0.05) is 18.2 Å². The van der Waals surface area contributed by atoms with Crippen LogP contribution < -0.4 is 5.32 Å². The van der Waals surface area contributed by atoms with Crippen LogP contribution in [0.15, 0.2) is 36.4 Å². The molecule has 2 amide bonds. The van der Waals surface area contributed by atoms with Crippen LogP contribution in [0.5, 0.6) is 5.75 Å². The van der Waals surface area contributed by atoms with Gasteiger partial charge in [0.25, 0.3) is 11.8 Å². The van der Waals surface area contributed by atoms with Gasteiger partial charge in [-0.3, -0.25) is 19.8 Å². The maximum atomic E-state index is 13.3. The molecule has 1 aromatic carbocycles. The van der Waals surface area contributed by atoms with Gasteiger partial charge in [0.15, 0.2) is 16.7 Å². The molecule has 1 saturated heterocycles. The minimum Gasteiger partial charge on any atom is -0.504 e. The zero-order chi connectivity index (χ0) is 15.6. The second-order valence-corrected chi connectivity index (χ2v) is 4.59. The lowest BCUT2D eigenvalue weighted by Crippen LogP contribution is -2.53. The second kappa shape index (κ2) is 5.84. The summed E-state index contributed by atoms with van der Waals surface area (Å²) < 4.78 is 13.3. The van der Waals surface area contributed by atoms with Crippen molar-refractivity contribution in [3.8, 4) is 5.75 Å². The highest BCUT2D eigenvalue weighted by molar-refractivity contribution is 7.80. The van der Waals surface area contributed by atoms with E-state index in [1.54, 1.807) is 0 Å². The van der Waals surface area contributed by atoms with Crippen LogP contribution >= 0.6 is 12.2 Å². The van der Waals surface area contributed by atoms with Crippen molar-refractivity contribution in [3.05, 3.63) is 47.8 Å². The number of rotatable bonds is 3. The number of hydrogen-bond donors (Lipinski definition) is 2. The Labute approximate surface area is 125 Å². The van der Waals surface area contributed by atoms with Crippen molar-refractivity contribution < 1.29 is 19.1 Å². The molecule has 1 fully saturated rings. The number of halogens is 1. The zero-order valence-corrected chi connectivity index (χ0v) is 11.6. The third-order valence-corrected chi connectivity index (χ3v) is 3.14. The van der Waals surface area contributed by atoms with Gasteiger partial charge in [-0.2, -0.15) is 0 Å². The first-order chi connectivity index (χ1) is 9.95. The number of phenols is 1. The average Bonchev–Trinajstić information content (AvgIpc) is 2.44. The molecular weight excluding hydrogens is 295 g/mol. The average molecular weight is 306 g/mol. The lowest BCUT2D eigenvalue weighted by Gasteiger charge is -2.27. The summed E-state index contributed by atoms with van der Waals surface area (Å²) in [6, 6.07) is 3.81. The normalized spacial score (nSPS) is 17.1. The van der Waals surface area contributed by atoms with Crippen molar-refractivity contribution in [1.29, 1.82) is 0 Å². The number of nitrogens with zero attached hydrogens (tertiary/aromatic N) is 1. The van der Waals surface area contributed by atoms with E-state index in [9.17, 15) is 19.1 Å². The fourth-order valence-corrected chi connectivity index (χ4v) is 2.04. The van der Waals surface area contributed by atoms with Crippen LogP contribution in [0.1, 0.15) is 5.56 Å². The Morgan fingerprint density at radius 3 is 2.81 bits per heavy atom. The van der Waals surface area contributed by atoms with E-state index in [0.29, 0.717) is 0 Å². The molecule has 1 aliphatic rings. The zero-order valence-electron chi connectivity index (χ0n) is 10.8. The van der Waals surface area contributed by atoms with Gasteiger partial charge in [0.1, 0.15) is 5.57 Å². The van der Waals surface area contributed by atoms with Crippen molar-refractivity contribution in [2.75, 3.05) is 6.54 Å². The van der Waals surface area contributed by atoms with Gasteiger partial charge >= 0.3 is 0 Å². The molecule has 2 N–H and O–H groups in total. The van der Waals surface area contributed by atoms with Crippen molar-refractivity contribution in [2.45, 2.75) is 0 Å². The SMILES string of the molecule is C=CCN1C(=O)/C(=C/c2cccc(F)c2O)C(=O)NC1=S. The van der Waals surface area contributed by atoms with Gasteiger partial charge in [0, 0.05) is 12.1 Å². The van der Waals surface area contributed by atoms with Crippen LogP contribution in [0.4, 0.5) is 4.39 Å². The molecular formula is C14H11FN2O3S. The number of hydrogen-bond acceptors (Lipinski definition) is 4. The fourth-order valence-electron chi connectivity index (χ4n) is 1.79. The number of para-hydroxylation sites is 1. The van der Waals surface area contributed by atoms with Crippen LogP contribution in [-0.4, -0.2) is 33.5 Å². The molecule has 1 aromatic rings. The highest BCUT2D eigenvalue weighted by Crippen LogP contribution is 2.24. The molecule has 0 saturated carbocycles. The monoisotopic (exact) mass is 306 g/mol. The van der Waals surface area contributed by atoms with Crippen molar-refractivity contribution in [2.24, 2.45) is 0 Å². The molecule has 21 heavy (non-hydrogen) atoms. The third-order valence-electron chi connectivity index (χ3n) is 2.82. The van der Waals surface area contributed by atoms with Crippen LogP contribution in [0.25, 0.3) is 6.08 Å². The van der Waals surface area contributed by atoms with E-state index in [2.05, 4.69) is 11.9 Å².